The smallest absolute Gasteiger partial charge is 0.338 e. The van der Waals surface area contributed by atoms with Crippen LogP contribution >= 0.6 is 0 Å². The fraction of sp³-hybridized carbons (Fsp3) is 0.857. The van der Waals surface area contributed by atoms with Gasteiger partial charge in [-0.2, -0.15) is 0 Å². The molecule has 0 aliphatic heterocycles. The van der Waals surface area contributed by atoms with Gasteiger partial charge < -0.3 is 19.7 Å². The Morgan fingerprint density at radius 2 is 1.00 bits per heavy atom. The fourth-order valence-corrected chi connectivity index (χ4v) is 1.64. The van der Waals surface area contributed by atoms with Crippen LogP contribution < -0.4 is 0 Å². The predicted molar refractivity (Wildman–Crippen MR) is 72.9 cm³/mol. The van der Waals surface area contributed by atoms with Crippen LogP contribution in [0, 0.1) is 0 Å². The second-order valence-corrected chi connectivity index (χ2v) is 4.64. The summed E-state index contributed by atoms with van der Waals surface area (Å²) < 4.78 is 9.97. The molecule has 20 heavy (non-hydrogen) atoms. The van der Waals surface area contributed by atoms with Gasteiger partial charge in [0.25, 0.3) is 0 Å². The van der Waals surface area contributed by atoms with E-state index in [1.165, 1.54) is 0 Å². The standard InChI is InChI=1S/C14H26O6/c1-5-9(6-2)19-13(17)11(15)12(16)14(18)20-10(7-3)8-4/h9-12,15-16H,5-8H2,1-4H3/t11-,12-/m0/s1. The maximum Gasteiger partial charge on any atom is 0.338 e. The van der Waals surface area contributed by atoms with Crippen molar-refractivity contribution in [2.24, 2.45) is 0 Å². The van der Waals surface area contributed by atoms with Gasteiger partial charge in [-0.25, -0.2) is 9.59 Å². The van der Waals surface area contributed by atoms with E-state index in [4.69, 9.17) is 9.47 Å². The molecule has 0 aliphatic rings. The molecule has 2 N–H and O–H groups in total. The summed E-state index contributed by atoms with van der Waals surface area (Å²) in [4.78, 5) is 23.2. The minimum absolute atomic E-state index is 0.334. The molecule has 0 aromatic carbocycles. The fourth-order valence-electron chi connectivity index (χ4n) is 1.64. The first-order chi connectivity index (χ1) is 9.40. The lowest BCUT2D eigenvalue weighted by molar-refractivity contribution is -0.179. The first-order valence-corrected chi connectivity index (χ1v) is 7.18. The van der Waals surface area contributed by atoms with Crippen LogP contribution in [0.15, 0.2) is 0 Å². The number of hydrogen-bond donors (Lipinski definition) is 2. The van der Waals surface area contributed by atoms with Gasteiger partial charge >= 0.3 is 11.9 Å². The molecular weight excluding hydrogens is 264 g/mol. The van der Waals surface area contributed by atoms with Crippen LogP contribution in [-0.4, -0.2) is 46.6 Å². The van der Waals surface area contributed by atoms with Crippen molar-refractivity contribution in [2.75, 3.05) is 0 Å². The average molecular weight is 290 g/mol. The number of aliphatic hydroxyl groups is 2. The molecule has 0 unspecified atom stereocenters. The van der Waals surface area contributed by atoms with E-state index in [1.54, 1.807) is 0 Å². The predicted octanol–water partition coefficient (Wildman–Crippen LogP) is 1.17. The van der Waals surface area contributed by atoms with Crippen molar-refractivity contribution in [1.82, 2.24) is 0 Å². The van der Waals surface area contributed by atoms with Crippen LogP contribution in [0.25, 0.3) is 0 Å². The number of ether oxygens (including phenoxy) is 2. The number of aliphatic hydroxyl groups excluding tert-OH is 2. The number of rotatable bonds is 9. The number of carbonyl (C=O) groups is 2. The first kappa shape index (κ1) is 18.9. The molecule has 6 nitrogen and oxygen atoms in total. The maximum atomic E-state index is 11.6. The van der Waals surface area contributed by atoms with Crippen molar-refractivity contribution < 1.29 is 29.3 Å². The van der Waals surface area contributed by atoms with E-state index in [0.29, 0.717) is 25.7 Å². The molecule has 0 aromatic heterocycles. The largest absolute Gasteiger partial charge is 0.460 e. The van der Waals surface area contributed by atoms with Gasteiger partial charge in [-0.05, 0) is 25.7 Å². The summed E-state index contributed by atoms with van der Waals surface area (Å²) in [5, 5.41) is 19.3. The Labute approximate surface area is 120 Å². The lowest BCUT2D eigenvalue weighted by Crippen LogP contribution is -2.43. The topological polar surface area (TPSA) is 93.1 Å². The van der Waals surface area contributed by atoms with Crippen molar-refractivity contribution in [3.8, 4) is 0 Å². The lowest BCUT2D eigenvalue weighted by atomic mass is 10.1. The zero-order chi connectivity index (χ0) is 15.7. The van der Waals surface area contributed by atoms with Gasteiger partial charge in [0.1, 0.15) is 12.2 Å². The quantitative estimate of drug-likeness (QED) is 0.619. The summed E-state index contributed by atoms with van der Waals surface area (Å²) >= 11 is 0. The Balaban J connectivity index is 4.48. The summed E-state index contributed by atoms with van der Waals surface area (Å²) in [6.07, 6.45) is -2.10. The molecule has 2 atom stereocenters. The molecule has 0 rings (SSSR count). The molecule has 6 heteroatoms. The van der Waals surface area contributed by atoms with Crippen molar-refractivity contribution in [1.29, 1.82) is 0 Å². The zero-order valence-corrected chi connectivity index (χ0v) is 12.7. The highest BCUT2D eigenvalue weighted by atomic mass is 16.6. The summed E-state index contributed by atoms with van der Waals surface area (Å²) in [5.41, 5.74) is 0. The minimum Gasteiger partial charge on any atom is -0.460 e. The molecular formula is C14H26O6. The Morgan fingerprint density at radius 3 is 1.20 bits per heavy atom. The van der Waals surface area contributed by atoms with Crippen LogP contribution in [0.4, 0.5) is 0 Å². The second kappa shape index (κ2) is 9.72. The van der Waals surface area contributed by atoms with Gasteiger partial charge in [-0.3, -0.25) is 0 Å². The molecule has 0 radical (unpaired) electrons. The van der Waals surface area contributed by atoms with Crippen molar-refractivity contribution in [3.05, 3.63) is 0 Å². The van der Waals surface area contributed by atoms with Gasteiger partial charge in [-0.15, -0.1) is 0 Å². The molecule has 0 spiro atoms. The summed E-state index contributed by atoms with van der Waals surface area (Å²) in [6.45, 7) is 7.36. The molecule has 0 saturated heterocycles. The third kappa shape index (κ3) is 5.88. The van der Waals surface area contributed by atoms with Crippen LogP contribution in [0.5, 0.6) is 0 Å². The van der Waals surface area contributed by atoms with Gasteiger partial charge in [0, 0.05) is 0 Å². The number of esters is 2. The first-order valence-electron chi connectivity index (χ1n) is 7.18. The molecule has 118 valence electrons. The van der Waals surface area contributed by atoms with E-state index >= 15 is 0 Å². The molecule has 0 amide bonds. The number of carbonyl (C=O) groups excluding carboxylic acids is 2. The summed E-state index contributed by atoms with van der Waals surface area (Å²) in [5.74, 6) is -2.01. The Morgan fingerprint density at radius 1 is 0.750 bits per heavy atom. The van der Waals surface area contributed by atoms with Crippen LogP contribution in [0.1, 0.15) is 53.4 Å². The van der Waals surface area contributed by atoms with Crippen molar-refractivity contribution in [3.63, 3.8) is 0 Å². The van der Waals surface area contributed by atoms with E-state index in [-0.39, 0.29) is 12.2 Å². The maximum absolute atomic E-state index is 11.6. The highest BCUT2D eigenvalue weighted by Crippen LogP contribution is 2.10. The molecule has 0 saturated carbocycles. The van der Waals surface area contributed by atoms with Gasteiger partial charge in [0.15, 0.2) is 12.2 Å². The van der Waals surface area contributed by atoms with Crippen molar-refractivity contribution >= 4 is 11.9 Å². The summed E-state index contributed by atoms with van der Waals surface area (Å²) in [6, 6.07) is 0. The van der Waals surface area contributed by atoms with E-state index < -0.39 is 24.1 Å². The van der Waals surface area contributed by atoms with Gasteiger partial charge in [-0.1, -0.05) is 27.7 Å². The molecule has 0 aromatic rings. The molecule has 0 heterocycles. The van der Waals surface area contributed by atoms with Gasteiger partial charge in [0.05, 0.1) is 0 Å². The van der Waals surface area contributed by atoms with Gasteiger partial charge in [0.2, 0.25) is 0 Å². The lowest BCUT2D eigenvalue weighted by Gasteiger charge is -2.21. The van der Waals surface area contributed by atoms with Crippen LogP contribution in [-0.2, 0) is 19.1 Å². The normalized spacial score (nSPS) is 14.2. The monoisotopic (exact) mass is 290 g/mol. The minimum atomic E-state index is -1.92. The van der Waals surface area contributed by atoms with E-state index in [1.807, 2.05) is 27.7 Å². The zero-order valence-electron chi connectivity index (χ0n) is 12.7. The SMILES string of the molecule is CCC(CC)OC(=O)[C@@H](O)[C@H](O)C(=O)OC(CC)CC. The Bertz CT molecular complexity index is 266. The second-order valence-electron chi connectivity index (χ2n) is 4.64. The van der Waals surface area contributed by atoms with Crippen LogP contribution in [0.2, 0.25) is 0 Å². The molecule has 0 aliphatic carbocycles. The Kier molecular flexibility index (Phi) is 9.16. The van der Waals surface area contributed by atoms with E-state index in [0.717, 1.165) is 0 Å². The number of hydrogen-bond acceptors (Lipinski definition) is 6. The highest BCUT2D eigenvalue weighted by molar-refractivity contribution is 5.85. The molecule has 0 fully saturated rings. The third-order valence-corrected chi connectivity index (χ3v) is 3.17. The average Bonchev–Trinajstić information content (AvgIpc) is 2.47. The van der Waals surface area contributed by atoms with E-state index in [9.17, 15) is 19.8 Å². The third-order valence-electron chi connectivity index (χ3n) is 3.17. The highest BCUT2D eigenvalue weighted by Gasteiger charge is 2.34. The molecule has 0 bridgehead atoms. The summed E-state index contributed by atoms with van der Waals surface area (Å²) in [7, 11) is 0. The van der Waals surface area contributed by atoms with E-state index in [2.05, 4.69) is 0 Å². The Hall–Kier alpha value is -1.14. The van der Waals surface area contributed by atoms with Crippen molar-refractivity contribution in [2.45, 2.75) is 77.8 Å². The van der Waals surface area contributed by atoms with Crippen LogP contribution in [0.3, 0.4) is 0 Å².